The van der Waals surface area contributed by atoms with E-state index in [-0.39, 0.29) is 46.7 Å². The fourth-order valence-corrected chi connectivity index (χ4v) is 5.21. The van der Waals surface area contributed by atoms with E-state index in [4.69, 9.17) is 14.9 Å². The molecule has 0 atom stereocenters. The van der Waals surface area contributed by atoms with Gasteiger partial charge in [0, 0.05) is 43.1 Å². The molecule has 2 fully saturated rings. The van der Waals surface area contributed by atoms with E-state index in [9.17, 15) is 22.8 Å². The highest BCUT2D eigenvalue weighted by molar-refractivity contribution is 5.96. The number of hydrogen-bond acceptors (Lipinski definition) is 6. The molecule has 41 heavy (non-hydrogen) atoms. The minimum absolute atomic E-state index is 0.0631. The maximum atomic E-state index is 14.0. The second kappa shape index (κ2) is 10.2. The zero-order valence-electron chi connectivity index (χ0n) is 21.9. The molecule has 2 saturated heterocycles. The number of pyridine rings is 1. The molecule has 0 aliphatic carbocycles. The number of nitrogens with two attached hydrogens (primary N) is 1. The first-order valence-electron chi connectivity index (χ1n) is 13.1. The lowest BCUT2D eigenvalue weighted by molar-refractivity contribution is -0.176. The van der Waals surface area contributed by atoms with Gasteiger partial charge in [0.25, 0.3) is 5.91 Å². The summed E-state index contributed by atoms with van der Waals surface area (Å²) in [5, 5.41) is 0.287. The summed E-state index contributed by atoms with van der Waals surface area (Å²) in [4.78, 5) is 30.8. The number of amides is 1. The van der Waals surface area contributed by atoms with Gasteiger partial charge in [-0.05, 0) is 71.3 Å². The second-order valence-electron chi connectivity index (χ2n) is 10.7. The molecule has 0 unspecified atom stereocenters. The topological polar surface area (TPSA) is 98.7 Å². The van der Waals surface area contributed by atoms with Crippen molar-refractivity contribution in [3.8, 4) is 11.1 Å². The Bertz CT molecular complexity index is 1650. The first kappa shape index (κ1) is 26.8. The normalized spacial score (nSPS) is 16.2. The van der Waals surface area contributed by atoms with E-state index >= 15 is 0 Å². The van der Waals surface area contributed by atoms with Gasteiger partial charge in [-0.2, -0.15) is 13.2 Å². The Kier molecular flexibility index (Phi) is 6.65. The van der Waals surface area contributed by atoms with Crippen LogP contribution < -0.4 is 5.73 Å². The van der Waals surface area contributed by atoms with Crippen LogP contribution in [0.1, 0.15) is 33.7 Å². The van der Waals surface area contributed by atoms with Gasteiger partial charge in [0.2, 0.25) is 0 Å². The Morgan fingerprint density at radius 2 is 1.78 bits per heavy atom. The highest BCUT2D eigenvalue weighted by Crippen LogP contribution is 2.40. The smallest absolute Gasteiger partial charge is 0.420 e. The Morgan fingerprint density at radius 1 is 1.02 bits per heavy atom. The van der Waals surface area contributed by atoms with Crippen molar-refractivity contribution in [3.05, 3.63) is 89.3 Å². The number of rotatable bonds is 7. The number of nitrogens with zero attached hydrogens (tertiary/aromatic N) is 2. The van der Waals surface area contributed by atoms with E-state index in [1.54, 1.807) is 53.4 Å². The van der Waals surface area contributed by atoms with E-state index < -0.39 is 11.7 Å². The Morgan fingerprint density at radius 3 is 2.41 bits per heavy atom. The number of hydrogen-bond donors (Lipinski definition) is 1. The summed E-state index contributed by atoms with van der Waals surface area (Å²) in [6.07, 6.45) is 0.0868. The molecule has 0 bridgehead atoms. The van der Waals surface area contributed by atoms with E-state index in [2.05, 4.69) is 4.98 Å². The number of anilines is 1. The van der Waals surface area contributed by atoms with Crippen LogP contribution in [0.5, 0.6) is 0 Å². The summed E-state index contributed by atoms with van der Waals surface area (Å²) in [5.74, 6) is 0.341. The minimum Gasteiger partial charge on any atom is -0.460 e. The molecule has 210 valence electrons. The van der Waals surface area contributed by atoms with Crippen molar-refractivity contribution in [3.63, 3.8) is 0 Å². The minimum atomic E-state index is -4.65. The number of carbonyl (C=O) groups is 2. The predicted octanol–water partition coefficient (Wildman–Crippen LogP) is 5.78. The third kappa shape index (κ3) is 5.47. The second-order valence-corrected chi connectivity index (χ2v) is 10.7. The maximum absolute atomic E-state index is 14.0. The van der Waals surface area contributed by atoms with E-state index in [1.807, 2.05) is 0 Å². The molecule has 2 N–H and O–H groups in total. The highest BCUT2D eigenvalue weighted by Gasteiger charge is 2.50. The molecule has 7 nitrogen and oxygen atoms in total. The lowest BCUT2D eigenvalue weighted by Crippen LogP contribution is -2.67. The molecule has 1 amide bonds. The van der Waals surface area contributed by atoms with Crippen LogP contribution in [0.15, 0.2) is 71.3 Å². The van der Waals surface area contributed by atoms with Crippen molar-refractivity contribution in [1.29, 1.82) is 0 Å². The Balaban J connectivity index is 1.18. The van der Waals surface area contributed by atoms with Gasteiger partial charge in [-0.15, -0.1) is 0 Å². The van der Waals surface area contributed by atoms with E-state index in [1.165, 1.54) is 18.3 Å². The van der Waals surface area contributed by atoms with Crippen molar-refractivity contribution in [2.45, 2.75) is 19.0 Å². The van der Waals surface area contributed by atoms with E-state index in [0.29, 0.717) is 54.4 Å². The van der Waals surface area contributed by atoms with Crippen molar-refractivity contribution < 1.29 is 31.9 Å². The number of carbonyl (C=O) groups excluding carboxylic acids is 2. The Labute approximate surface area is 233 Å². The number of likely N-dealkylation sites (tertiary alicyclic amines) is 1. The summed E-state index contributed by atoms with van der Waals surface area (Å²) in [6.45, 7) is 2.66. The van der Waals surface area contributed by atoms with Crippen LogP contribution in [0.4, 0.5) is 19.0 Å². The molecule has 0 radical (unpaired) electrons. The number of furan rings is 1. The van der Waals surface area contributed by atoms with Crippen LogP contribution in [-0.4, -0.2) is 47.9 Å². The molecule has 2 aromatic carbocycles. The van der Waals surface area contributed by atoms with Gasteiger partial charge in [0.05, 0.1) is 24.2 Å². The van der Waals surface area contributed by atoms with Gasteiger partial charge in [0.15, 0.2) is 5.78 Å². The van der Waals surface area contributed by atoms with Gasteiger partial charge in [-0.1, -0.05) is 12.1 Å². The van der Waals surface area contributed by atoms with Gasteiger partial charge in [-0.3, -0.25) is 9.59 Å². The van der Waals surface area contributed by atoms with Gasteiger partial charge < -0.3 is 19.8 Å². The fourth-order valence-electron chi connectivity index (χ4n) is 5.21. The molecule has 2 aromatic heterocycles. The van der Waals surface area contributed by atoms with Crippen molar-refractivity contribution in [2.24, 2.45) is 5.41 Å². The molecule has 10 heteroatoms. The molecule has 1 spiro atoms. The molecule has 4 heterocycles. The number of allylic oxidation sites excluding steroid dienone is 1. The van der Waals surface area contributed by atoms with Crippen LogP contribution in [0.3, 0.4) is 0 Å². The lowest BCUT2D eigenvalue weighted by Gasteiger charge is -2.54. The molecular weight excluding hydrogens is 535 g/mol. The van der Waals surface area contributed by atoms with Gasteiger partial charge >= 0.3 is 6.18 Å². The van der Waals surface area contributed by atoms with Crippen LogP contribution >= 0.6 is 0 Å². The molecule has 2 aliphatic rings. The molecule has 6 rings (SSSR count). The number of aryl methyl sites for hydroxylation is 1. The van der Waals surface area contributed by atoms with Crippen molar-refractivity contribution >= 4 is 34.6 Å². The maximum Gasteiger partial charge on any atom is 0.420 e. The SMILES string of the molecule is Nc1ccc(/C=C/C(=O)CCc2cc3cc(-c4ccc(C(=O)N5CC6(COC6)C5)cc4)cc(C(F)(F)F)c3o2)cn1. The monoisotopic (exact) mass is 561 g/mol. The molecule has 0 saturated carbocycles. The number of alkyl halides is 3. The Hall–Kier alpha value is -4.44. The predicted molar refractivity (Wildman–Crippen MR) is 147 cm³/mol. The molecular formula is C31H26F3N3O4. The zero-order valence-corrected chi connectivity index (χ0v) is 21.9. The average molecular weight is 562 g/mol. The van der Waals surface area contributed by atoms with Crippen molar-refractivity contribution in [2.75, 3.05) is 32.0 Å². The van der Waals surface area contributed by atoms with Crippen LogP contribution in [0.25, 0.3) is 28.2 Å². The van der Waals surface area contributed by atoms with Crippen LogP contribution in [0, 0.1) is 5.41 Å². The van der Waals surface area contributed by atoms with E-state index in [0.717, 1.165) is 6.07 Å². The van der Waals surface area contributed by atoms with Crippen LogP contribution in [0.2, 0.25) is 0 Å². The first-order chi connectivity index (χ1) is 19.6. The quantitative estimate of drug-likeness (QED) is 0.287. The van der Waals surface area contributed by atoms with Crippen LogP contribution in [-0.2, 0) is 22.1 Å². The van der Waals surface area contributed by atoms with Gasteiger partial charge in [-0.25, -0.2) is 4.98 Å². The number of nitrogen functional groups attached to an aromatic ring is 1. The third-order valence-electron chi connectivity index (χ3n) is 7.48. The number of benzene rings is 2. The highest BCUT2D eigenvalue weighted by atomic mass is 19.4. The number of ketones is 1. The molecule has 2 aliphatic heterocycles. The summed E-state index contributed by atoms with van der Waals surface area (Å²) in [7, 11) is 0. The fraction of sp³-hybridized carbons (Fsp3) is 0.258. The number of aromatic nitrogens is 1. The lowest BCUT2D eigenvalue weighted by atomic mass is 9.78. The first-order valence-corrected chi connectivity index (χ1v) is 13.1. The number of ether oxygens (including phenoxy) is 1. The summed E-state index contributed by atoms with van der Waals surface area (Å²) < 4.78 is 52.9. The number of fused-ring (bicyclic) bond motifs is 1. The van der Waals surface area contributed by atoms with Gasteiger partial charge in [0.1, 0.15) is 17.2 Å². The summed E-state index contributed by atoms with van der Waals surface area (Å²) in [5.41, 5.74) is 6.56. The third-order valence-corrected chi connectivity index (χ3v) is 7.48. The summed E-state index contributed by atoms with van der Waals surface area (Å²) in [6, 6.07) is 14.1. The van der Waals surface area contributed by atoms with Crippen molar-refractivity contribution in [1.82, 2.24) is 9.88 Å². The standard InChI is InChI=1S/C31H26F3N3O4/c32-31(33,34)26-13-22(20-3-5-21(6-4-20)29(39)37-15-30(16-37)17-40-18-30)11-23-12-25(41-28(23)26)9-8-24(38)7-1-19-2-10-27(35)36-14-19/h1-7,10-14H,8-9,15-18H2,(H2,35,36)/b7-1+. The average Bonchev–Trinajstić information content (AvgIpc) is 3.32. The molecule has 4 aromatic rings. The number of halogens is 3. The largest absolute Gasteiger partial charge is 0.460 e. The zero-order chi connectivity index (χ0) is 28.8. The summed E-state index contributed by atoms with van der Waals surface area (Å²) >= 11 is 0.